The van der Waals surface area contributed by atoms with Gasteiger partial charge in [-0.25, -0.2) is 4.98 Å². The molecule has 0 saturated carbocycles. The highest BCUT2D eigenvalue weighted by molar-refractivity contribution is 9.10. The molecule has 1 amide bonds. The number of amides is 1. The van der Waals surface area contributed by atoms with Crippen LogP contribution in [0, 0.1) is 0 Å². The smallest absolute Gasteiger partial charge is 0.237 e. The molecule has 0 aromatic carbocycles. The molecule has 0 fully saturated rings. The van der Waals surface area contributed by atoms with Crippen LogP contribution in [0.1, 0.15) is 19.8 Å². The molecule has 6 heteroatoms. The molecule has 4 nitrogen and oxygen atoms in total. The van der Waals surface area contributed by atoms with Crippen molar-refractivity contribution in [3.8, 4) is 0 Å². The van der Waals surface area contributed by atoms with Crippen LogP contribution in [0.3, 0.4) is 0 Å². The quantitative estimate of drug-likeness (QED) is 0.620. The van der Waals surface area contributed by atoms with Crippen LogP contribution in [0.15, 0.2) is 27.8 Å². The predicted octanol–water partition coefficient (Wildman–Crippen LogP) is 1.92. The van der Waals surface area contributed by atoms with Gasteiger partial charge in [0.1, 0.15) is 5.03 Å². The number of primary amides is 1. The second-order valence-corrected chi connectivity index (χ2v) is 5.96. The van der Waals surface area contributed by atoms with E-state index >= 15 is 0 Å². The fraction of sp³-hybridized carbons (Fsp3) is 0.455. The summed E-state index contributed by atoms with van der Waals surface area (Å²) in [6.07, 6.45) is 3.16. The number of hydrogen-bond donors (Lipinski definition) is 2. The highest BCUT2D eigenvalue weighted by Gasteiger charge is 2.24. The van der Waals surface area contributed by atoms with Gasteiger partial charge in [-0.1, -0.05) is 0 Å². The number of hydrogen-bond acceptors (Lipinski definition) is 4. The summed E-state index contributed by atoms with van der Waals surface area (Å²) in [4.78, 5) is 15.3. The largest absolute Gasteiger partial charge is 0.368 e. The first kappa shape index (κ1) is 14.5. The first-order valence-electron chi connectivity index (χ1n) is 5.25. The maximum atomic E-state index is 11.0. The average Bonchev–Trinajstić information content (AvgIpc) is 2.26. The van der Waals surface area contributed by atoms with Crippen LogP contribution in [-0.2, 0) is 4.79 Å². The van der Waals surface area contributed by atoms with Gasteiger partial charge in [0.15, 0.2) is 0 Å². The zero-order valence-corrected chi connectivity index (χ0v) is 12.1. The third kappa shape index (κ3) is 4.65. The fourth-order valence-corrected chi connectivity index (χ4v) is 2.63. The van der Waals surface area contributed by atoms with Crippen LogP contribution in [-0.4, -0.2) is 22.2 Å². The molecule has 17 heavy (non-hydrogen) atoms. The predicted molar refractivity (Wildman–Crippen MR) is 73.7 cm³/mol. The van der Waals surface area contributed by atoms with E-state index < -0.39 is 11.4 Å². The molecule has 1 heterocycles. The van der Waals surface area contributed by atoms with Crippen molar-refractivity contribution >= 4 is 33.6 Å². The van der Waals surface area contributed by atoms with E-state index in [1.807, 2.05) is 12.1 Å². The van der Waals surface area contributed by atoms with Crippen LogP contribution in [0.4, 0.5) is 0 Å². The summed E-state index contributed by atoms with van der Waals surface area (Å²) >= 11 is 5.06. The highest BCUT2D eigenvalue weighted by atomic mass is 79.9. The monoisotopic (exact) mass is 317 g/mol. The SMILES string of the molecule is CC(N)(CCCSc1ncccc1Br)C(N)=O. The first-order chi connectivity index (χ1) is 7.93. The molecule has 0 aliphatic carbocycles. The van der Waals surface area contributed by atoms with E-state index in [1.54, 1.807) is 24.9 Å². The second-order valence-electron chi connectivity index (χ2n) is 4.02. The minimum Gasteiger partial charge on any atom is -0.368 e. The van der Waals surface area contributed by atoms with Crippen molar-refractivity contribution < 1.29 is 4.79 Å². The van der Waals surface area contributed by atoms with E-state index in [1.165, 1.54) is 0 Å². The maximum Gasteiger partial charge on any atom is 0.237 e. The van der Waals surface area contributed by atoms with E-state index in [4.69, 9.17) is 11.5 Å². The van der Waals surface area contributed by atoms with Crippen molar-refractivity contribution in [2.75, 3.05) is 5.75 Å². The molecule has 0 radical (unpaired) electrons. The topological polar surface area (TPSA) is 82.0 Å². The van der Waals surface area contributed by atoms with Crippen molar-refractivity contribution in [2.24, 2.45) is 11.5 Å². The Bertz CT molecular complexity index is 398. The summed E-state index contributed by atoms with van der Waals surface area (Å²) < 4.78 is 0.982. The number of rotatable bonds is 6. The first-order valence-corrected chi connectivity index (χ1v) is 7.03. The molecule has 1 aromatic heterocycles. The molecule has 1 aromatic rings. The minimum absolute atomic E-state index is 0.457. The number of halogens is 1. The van der Waals surface area contributed by atoms with Gasteiger partial charge < -0.3 is 11.5 Å². The number of carbonyl (C=O) groups excluding carboxylic acids is 1. The summed E-state index contributed by atoms with van der Waals surface area (Å²) in [6, 6.07) is 3.82. The van der Waals surface area contributed by atoms with E-state index in [9.17, 15) is 4.79 Å². The number of thioether (sulfide) groups is 1. The van der Waals surface area contributed by atoms with Crippen LogP contribution in [0.25, 0.3) is 0 Å². The van der Waals surface area contributed by atoms with E-state index in [0.717, 1.165) is 21.7 Å². The van der Waals surface area contributed by atoms with Gasteiger partial charge in [0.2, 0.25) is 5.91 Å². The molecule has 4 N–H and O–H groups in total. The van der Waals surface area contributed by atoms with Gasteiger partial charge in [0, 0.05) is 10.7 Å². The summed E-state index contributed by atoms with van der Waals surface area (Å²) in [7, 11) is 0. The molecule has 94 valence electrons. The Labute approximate surface area is 114 Å². The van der Waals surface area contributed by atoms with Gasteiger partial charge >= 0.3 is 0 Å². The lowest BCUT2D eigenvalue weighted by molar-refractivity contribution is -0.122. The molecule has 0 aliphatic heterocycles. The molecule has 0 spiro atoms. The van der Waals surface area contributed by atoms with Crippen LogP contribution >= 0.6 is 27.7 Å². The molecule has 1 rings (SSSR count). The summed E-state index contributed by atoms with van der Waals surface area (Å²) in [6.45, 7) is 1.66. The zero-order chi connectivity index (χ0) is 12.9. The van der Waals surface area contributed by atoms with Crippen molar-refractivity contribution in [3.63, 3.8) is 0 Å². The average molecular weight is 318 g/mol. The van der Waals surface area contributed by atoms with E-state index in [2.05, 4.69) is 20.9 Å². The molecule has 0 saturated heterocycles. The third-order valence-corrected chi connectivity index (χ3v) is 4.36. The Kier molecular flexibility index (Phi) is 5.42. The van der Waals surface area contributed by atoms with Crippen molar-refractivity contribution in [1.29, 1.82) is 0 Å². The highest BCUT2D eigenvalue weighted by Crippen LogP contribution is 2.25. The molecule has 1 atom stereocenters. The Hall–Kier alpha value is -0.590. The molecule has 1 unspecified atom stereocenters. The van der Waals surface area contributed by atoms with E-state index in [-0.39, 0.29) is 0 Å². The van der Waals surface area contributed by atoms with E-state index in [0.29, 0.717) is 6.42 Å². The lowest BCUT2D eigenvalue weighted by Crippen LogP contribution is -2.49. The lowest BCUT2D eigenvalue weighted by Gasteiger charge is -2.19. The van der Waals surface area contributed by atoms with Crippen LogP contribution in [0.2, 0.25) is 0 Å². The number of aromatic nitrogens is 1. The second kappa shape index (κ2) is 6.37. The van der Waals surface area contributed by atoms with Gasteiger partial charge in [-0.05, 0) is 53.6 Å². The van der Waals surface area contributed by atoms with Gasteiger partial charge in [-0.2, -0.15) is 0 Å². The fourth-order valence-electron chi connectivity index (χ4n) is 1.21. The molecule has 0 bridgehead atoms. The zero-order valence-electron chi connectivity index (χ0n) is 9.65. The van der Waals surface area contributed by atoms with Gasteiger partial charge in [-0.15, -0.1) is 11.8 Å². The molecular weight excluding hydrogens is 302 g/mol. The van der Waals surface area contributed by atoms with Gasteiger partial charge in [-0.3, -0.25) is 4.79 Å². The van der Waals surface area contributed by atoms with Crippen LogP contribution in [0.5, 0.6) is 0 Å². The van der Waals surface area contributed by atoms with Gasteiger partial charge in [0.05, 0.1) is 5.54 Å². The number of pyridine rings is 1. The Balaban J connectivity index is 2.35. The number of nitrogens with two attached hydrogens (primary N) is 2. The maximum absolute atomic E-state index is 11.0. The van der Waals surface area contributed by atoms with Gasteiger partial charge in [0.25, 0.3) is 0 Å². The normalized spacial score (nSPS) is 14.3. The lowest BCUT2D eigenvalue weighted by atomic mass is 9.97. The Morgan fingerprint density at radius 1 is 1.65 bits per heavy atom. The Morgan fingerprint density at radius 2 is 2.35 bits per heavy atom. The van der Waals surface area contributed by atoms with Crippen molar-refractivity contribution in [1.82, 2.24) is 4.98 Å². The standard InChI is InChI=1S/C11H16BrN3OS/c1-11(14,10(13)16)5-3-7-17-9-8(12)4-2-6-15-9/h2,4,6H,3,5,7,14H2,1H3,(H2,13,16). The Morgan fingerprint density at radius 3 is 2.94 bits per heavy atom. The minimum atomic E-state index is -0.915. The summed E-state index contributed by atoms with van der Waals surface area (Å²) in [5.41, 5.74) is 10.0. The van der Waals surface area contributed by atoms with Crippen LogP contribution < -0.4 is 11.5 Å². The molecular formula is C11H16BrN3OS. The number of carbonyl (C=O) groups is 1. The van der Waals surface area contributed by atoms with Crippen molar-refractivity contribution in [2.45, 2.75) is 30.3 Å². The summed E-state index contributed by atoms with van der Waals surface area (Å²) in [5, 5.41) is 0.949. The molecule has 0 aliphatic rings. The number of nitrogens with zero attached hydrogens (tertiary/aromatic N) is 1. The summed E-state index contributed by atoms with van der Waals surface area (Å²) in [5.74, 6) is 0.400. The van der Waals surface area contributed by atoms with Crippen molar-refractivity contribution in [3.05, 3.63) is 22.8 Å². The third-order valence-electron chi connectivity index (χ3n) is 2.37.